The monoisotopic (exact) mass is 436 g/mol. The van der Waals surface area contributed by atoms with Crippen molar-refractivity contribution in [3.8, 4) is 0 Å². The molecule has 0 radical (unpaired) electrons. The molecule has 0 amide bonds. The highest BCUT2D eigenvalue weighted by Gasteiger charge is 2.12. The molecule has 1 atom stereocenters. The van der Waals surface area contributed by atoms with Crippen molar-refractivity contribution in [1.82, 2.24) is 4.98 Å². The van der Waals surface area contributed by atoms with Gasteiger partial charge in [0.25, 0.3) is 0 Å². The maximum absolute atomic E-state index is 6.22. The topological polar surface area (TPSA) is 38.9 Å². The van der Waals surface area contributed by atoms with Gasteiger partial charge in [0.15, 0.2) is 0 Å². The van der Waals surface area contributed by atoms with Gasteiger partial charge in [-0.25, -0.2) is 0 Å². The van der Waals surface area contributed by atoms with Crippen molar-refractivity contribution in [3.63, 3.8) is 0 Å². The van der Waals surface area contributed by atoms with Gasteiger partial charge in [-0.1, -0.05) is 11.6 Å². The predicted molar refractivity (Wildman–Crippen MR) is 86.7 cm³/mol. The number of rotatable bonds is 3. The zero-order valence-corrected chi connectivity index (χ0v) is 13.9. The number of hydrogen-bond donors (Lipinski definition) is 1. The van der Waals surface area contributed by atoms with Crippen LogP contribution in [0.2, 0.25) is 5.02 Å². The van der Waals surface area contributed by atoms with Crippen LogP contribution in [0.4, 0.5) is 0 Å². The number of nitrogens with zero attached hydrogens (tertiary/aromatic N) is 1. The molecule has 0 fully saturated rings. The average Bonchev–Trinajstić information content (AvgIpc) is 2.35. The van der Waals surface area contributed by atoms with Crippen molar-refractivity contribution < 1.29 is 0 Å². The summed E-state index contributed by atoms with van der Waals surface area (Å²) in [4.78, 5) is 4.33. The molecule has 1 heterocycles. The number of halogens is 3. The predicted octanol–water partition coefficient (Wildman–Crippen LogP) is 4.34. The van der Waals surface area contributed by atoms with E-state index in [1.54, 1.807) is 6.20 Å². The van der Waals surface area contributed by atoms with Crippen LogP contribution >= 0.6 is 50.1 Å². The molecule has 94 valence electrons. The highest BCUT2D eigenvalue weighted by Crippen LogP contribution is 2.24. The quantitative estimate of drug-likeness (QED) is 0.726. The van der Waals surface area contributed by atoms with Crippen LogP contribution in [-0.4, -0.2) is 4.98 Å². The van der Waals surface area contributed by atoms with Gasteiger partial charge in [0, 0.05) is 37.4 Å². The summed E-state index contributed by atoms with van der Waals surface area (Å²) in [5.74, 6) is 0. The van der Waals surface area contributed by atoms with Gasteiger partial charge in [-0.05, 0) is 74.4 Å². The SMILES string of the molecule is NC(Cc1ccc(Br)cn1)c1cc(Cl)ccc1I. The highest BCUT2D eigenvalue weighted by atomic mass is 127. The second-order valence-corrected chi connectivity index (χ2v) is 6.46. The summed E-state index contributed by atoms with van der Waals surface area (Å²) in [6, 6.07) is 9.63. The third-order valence-corrected chi connectivity index (χ3v) is 4.26. The van der Waals surface area contributed by atoms with Crippen LogP contribution in [0.3, 0.4) is 0 Å². The zero-order chi connectivity index (χ0) is 13.1. The van der Waals surface area contributed by atoms with Gasteiger partial charge in [-0.15, -0.1) is 0 Å². The number of nitrogens with two attached hydrogens (primary N) is 1. The van der Waals surface area contributed by atoms with Crippen LogP contribution in [0.5, 0.6) is 0 Å². The van der Waals surface area contributed by atoms with E-state index in [-0.39, 0.29) is 6.04 Å². The lowest BCUT2D eigenvalue weighted by Crippen LogP contribution is -2.15. The smallest absolute Gasteiger partial charge is 0.0423 e. The molecule has 2 nitrogen and oxygen atoms in total. The fourth-order valence-corrected chi connectivity index (χ4v) is 2.81. The maximum atomic E-state index is 6.22. The zero-order valence-electron chi connectivity index (χ0n) is 9.41. The largest absolute Gasteiger partial charge is 0.324 e. The van der Waals surface area contributed by atoms with Crippen LogP contribution in [0, 0.1) is 3.57 Å². The Bertz CT molecular complexity index is 545. The third kappa shape index (κ3) is 3.66. The van der Waals surface area contributed by atoms with E-state index in [0.29, 0.717) is 11.4 Å². The molecule has 2 N–H and O–H groups in total. The van der Waals surface area contributed by atoms with Crippen molar-refractivity contribution >= 4 is 50.1 Å². The standard InChI is InChI=1S/C13H11BrClIN2/c14-8-1-3-10(18-7-8)6-13(17)11-5-9(15)2-4-12(11)16/h1-5,7,13H,6,17H2. The Morgan fingerprint density at radius 3 is 2.78 bits per heavy atom. The fraction of sp³-hybridized carbons (Fsp3) is 0.154. The van der Waals surface area contributed by atoms with Gasteiger partial charge in [0.1, 0.15) is 0 Å². The summed E-state index contributed by atoms with van der Waals surface area (Å²) >= 11 is 11.6. The van der Waals surface area contributed by atoms with Crippen LogP contribution in [0.25, 0.3) is 0 Å². The first-order valence-corrected chi connectivity index (χ1v) is 7.62. The maximum Gasteiger partial charge on any atom is 0.0423 e. The van der Waals surface area contributed by atoms with Gasteiger partial charge < -0.3 is 5.73 Å². The molecule has 1 aromatic heterocycles. The average molecular weight is 438 g/mol. The van der Waals surface area contributed by atoms with E-state index in [1.165, 1.54) is 0 Å². The van der Waals surface area contributed by atoms with Crippen molar-refractivity contribution in [2.45, 2.75) is 12.5 Å². The van der Waals surface area contributed by atoms with E-state index in [2.05, 4.69) is 43.5 Å². The summed E-state index contributed by atoms with van der Waals surface area (Å²) in [7, 11) is 0. The van der Waals surface area contributed by atoms with Gasteiger partial charge >= 0.3 is 0 Å². The first kappa shape index (κ1) is 14.2. The highest BCUT2D eigenvalue weighted by molar-refractivity contribution is 14.1. The van der Waals surface area contributed by atoms with E-state index in [0.717, 1.165) is 19.3 Å². The van der Waals surface area contributed by atoms with Gasteiger partial charge in [-0.3, -0.25) is 4.98 Å². The summed E-state index contributed by atoms with van der Waals surface area (Å²) in [6.45, 7) is 0. The summed E-state index contributed by atoms with van der Waals surface area (Å²) in [6.07, 6.45) is 2.48. The van der Waals surface area contributed by atoms with Crippen molar-refractivity contribution in [2.24, 2.45) is 5.73 Å². The summed E-state index contributed by atoms with van der Waals surface area (Å²) in [5, 5.41) is 0.713. The van der Waals surface area contributed by atoms with Gasteiger partial charge in [0.05, 0.1) is 0 Å². The first-order chi connectivity index (χ1) is 8.56. The minimum Gasteiger partial charge on any atom is -0.324 e. The Morgan fingerprint density at radius 2 is 2.11 bits per heavy atom. The fourth-order valence-electron chi connectivity index (χ4n) is 1.66. The number of pyridine rings is 1. The van der Waals surface area contributed by atoms with E-state index >= 15 is 0 Å². The molecule has 0 saturated heterocycles. The molecule has 0 aliphatic carbocycles. The molecule has 1 unspecified atom stereocenters. The molecule has 0 bridgehead atoms. The third-order valence-electron chi connectivity index (χ3n) is 2.58. The molecule has 1 aromatic carbocycles. The molecule has 0 saturated carbocycles. The van der Waals surface area contributed by atoms with E-state index < -0.39 is 0 Å². The normalized spacial score (nSPS) is 12.4. The number of aromatic nitrogens is 1. The lowest BCUT2D eigenvalue weighted by Gasteiger charge is -2.14. The van der Waals surface area contributed by atoms with Crippen LogP contribution < -0.4 is 5.73 Å². The minimum absolute atomic E-state index is 0.0933. The summed E-state index contributed by atoms with van der Waals surface area (Å²) in [5.41, 5.74) is 8.26. The molecule has 0 aliphatic rings. The molecule has 5 heteroatoms. The lowest BCUT2D eigenvalue weighted by molar-refractivity contribution is 0.703. The van der Waals surface area contributed by atoms with Gasteiger partial charge in [0.2, 0.25) is 0 Å². The Morgan fingerprint density at radius 1 is 1.33 bits per heavy atom. The molecule has 0 spiro atoms. The molecule has 2 rings (SSSR count). The molecule has 2 aromatic rings. The van der Waals surface area contributed by atoms with Crippen LogP contribution in [-0.2, 0) is 6.42 Å². The van der Waals surface area contributed by atoms with Crippen molar-refractivity contribution in [1.29, 1.82) is 0 Å². The first-order valence-electron chi connectivity index (χ1n) is 5.37. The van der Waals surface area contributed by atoms with E-state index in [4.69, 9.17) is 17.3 Å². The second kappa shape index (κ2) is 6.32. The number of benzene rings is 1. The Balaban J connectivity index is 2.18. The molecule has 18 heavy (non-hydrogen) atoms. The number of hydrogen-bond acceptors (Lipinski definition) is 2. The van der Waals surface area contributed by atoms with Gasteiger partial charge in [-0.2, -0.15) is 0 Å². The second-order valence-electron chi connectivity index (χ2n) is 3.94. The Hall–Kier alpha value is -0.170. The Labute approximate surface area is 133 Å². The van der Waals surface area contributed by atoms with Crippen LogP contribution in [0.15, 0.2) is 41.0 Å². The van der Waals surface area contributed by atoms with Crippen molar-refractivity contribution in [2.75, 3.05) is 0 Å². The van der Waals surface area contributed by atoms with E-state index in [1.807, 2.05) is 30.3 Å². The van der Waals surface area contributed by atoms with Crippen molar-refractivity contribution in [3.05, 3.63) is 60.9 Å². The molecular weight excluding hydrogens is 426 g/mol. The molecule has 0 aliphatic heterocycles. The lowest BCUT2D eigenvalue weighted by atomic mass is 10.0. The molecular formula is C13H11BrClIN2. The van der Waals surface area contributed by atoms with E-state index in [9.17, 15) is 0 Å². The summed E-state index contributed by atoms with van der Waals surface area (Å²) < 4.78 is 2.10. The Kier molecular flexibility index (Phi) is 5.00. The van der Waals surface area contributed by atoms with Crippen LogP contribution in [0.1, 0.15) is 17.3 Å². The minimum atomic E-state index is -0.0933.